The first-order chi connectivity index (χ1) is 6.36. The van der Waals surface area contributed by atoms with Gasteiger partial charge in [0.05, 0.1) is 6.20 Å². The second kappa shape index (κ2) is 3.58. The van der Waals surface area contributed by atoms with Crippen LogP contribution in [0.4, 0.5) is 0 Å². The lowest BCUT2D eigenvalue weighted by Gasteiger charge is -2.13. The number of nitrogens with two attached hydrogens (primary N) is 1. The van der Waals surface area contributed by atoms with Crippen LogP contribution >= 0.6 is 0 Å². The largest absolute Gasteiger partial charge is 0.311 e. The molecule has 1 heteroatoms. The third kappa shape index (κ3) is 1.87. The van der Waals surface area contributed by atoms with Crippen molar-refractivity contribution in [3.8, 4) is 0 Å². The van der Waals surface area contributed by atoms with E-state index >= 15 is 0 Å². The zero-order valence-corrected chi connectivity index (χ0v) is 7.77. The zero-order chi connectivity index (χ0) is 9.10. The number of quaternary nitrogens is 1. The normalized spacial score (nSPS) is 21.3. The molecular formula is C12H14N+. The van der Waals surface area contributed by atoms with Crippen LogP contribution in [0.1, 0.15) is 18.5 Å². The molecule has 1 aromatic rings. The first-order valence-corrected chi connectivity index (χ1v) is 4.61. The Balaban J connectivity index is 2.24. The Kier molecular flexibility index (Phi) is 2.28. The standard InChI is InChI=1S/C12H13N/c1-10-7-8-13-12(9-10)11-5-3-2-4-6-11/h2-9,12-13H,1H3/p+1. The molecule has 1 aliphatic heterocycles. The fraction of sp³-hybridized carbons (Fsp3) is 0.167. The third-order valence-electron chi connectivity index (χ3n) is 2.30. The van der Waals surface area contributed by atoms with E-state index in [-0.39, 0.29) is 0 Å². The Bertz CT molecular complexity index is 335. The summed E-state index contributed by atoms with van der Waals surface area (Å²) in [5.41, 5.74) is 2.71. The lowest BCUT2D eigenvalue weighted by molar-refractivity contribution is -0.622. The van der Waals surface area contributed by atoms with Crippen LogP contribution in [0.5, 0.6) is 0 Å². The Hall–Kier alpha value is -1.34. The molecule has 0 bridgehead atoms. The predicted octanol–water partition coefficient (Wildman–Crippen LogP) is 1.76. The van der Waals surface area contributed by atoms with E-state index in [9.17, 15) is 0 Å². The van der Waals surface area contributed by atoms with Crippen molar-refractivity contribution in [2.75, 3.05) is 0 Å². The number of allylic oxidation sites excluding steroid dienone is 2. The van der Waals surface area contributed by atoms with Gasteiger partial charge in [-0.05, 0) is 24.6 Å². The first-order valence-electron chi connectivity index (χ1n) is 4.61. The third-order valence-corrected chi connectivity index (χ3v) is 2.30. The van der Waals surface area contributed by atoms with Crippen LogP contribution in [0.25, 0.3) is 0 Å². The van der Waals surface area contributed by atoms with Crippen LogP contribution in [0.15, 0.2) is 54.3 Å². The summed E-state index contributed by atoms with van der Waals surface area (Å²) in [4.78, 5) is 0. The van der Waals surface area contributed by atoms with Crippen molar-refractivity contribution < 1.29 is 5.32 Å². The minimum absolute atomic E-state index is 0.464. The van der Waals surface area contributed by atoms with E-state index in [1.165, 1.54) is 11.1 Å². The van der Waals surface area contributed by atoms with Crippen LogP contribution in [0, 0.1) is 0 Å². The summed E-state index contributed by atoms with van der Waals surface area (Å²) in [5.74, 6) is 0. The monoisotopic (exact) mass is 172 g/mol. The molecule has 1 nitrogen and oxygen atoms in total. The highest BCUT2D eigenvalue weighted by Crippen LogP contribution is 2.13. The fourth-order valence-electron chi connectivity index (χ4n) is 1.60. The van der Waals surface area contributed by atoms with Gasteiger partial charge in [0.25, 0.3) is 0 Å². The average molecular weight is 172 g/mol. The highest BCUT2D eigenvalue weighted by atomic mass is 14.9. The van der Waals surface area contributed by atoms with Gasteiger partial charge in [0.2, 0.25) is 0 Å². The predicted molar refractivity (Wildman–Crippen MR) is 54.0 cm³/mol. The molecule has 66 valence electrons. The van der Waals surface area contributed by atoms with Gasteiger partial charge in [-0.25, -0.2) is 0 Å². The highest BCUT2D eigenvalue weighted by molar-refractivity contribution is 5.26. The van der Waals surface area contributed by atoms with E-state index in [1.54, 1.807) is 0 Å². The lowest BCUT2D eigenvalue weighted by Crippen LogP contribution is -2.79. The van der Waals surface area contributed by atoms with Crippen LogP contribution in [-0.4, -0.2) is 0 Å². The molecule has 0 saturated carbocycles. The molecule has 0 radical (unpaired) electrons. The van der Waals surface area contributed by atoms with Crippen molar-refractivity contribution in [3.05, 3.63) is 59.8 Å². The minimum atomic E-state index is 0.464. The van der Waals surface area contributed by atoms with Crippen LogP contribution in [0.3, 0.4) is 0 Å². The van der Waals surface area contributed by atoms with Gasteiger partial charge in [-0.2, -0.15) is 0 Å². The second-order valence-corrected chi connectivity index (χ2v) is 3.40. The summed E-state index contributed by atoms with van der Waals surface area (Å²) in [7, 11) is 0. The molecule has 1 unspecified atom stereocenters. The molecule has 2 N–H and O–H groups in total. The molecule has 1 atom stereocenters. The molecule has 0 saturated heterocycles. The van der Waals surface area contributed by atoms with Gasteiger partial charge in [0.15, 0.2) is 0 Å². The molecule has 1 heterocycles. The molecule has 2 rings (SSSR count). The molecule has 0 fully saturated rings. The van der Waals surface area contributed by atoms with Gasteiger partial charge in [-0.3, -0.25) is 0 Å². The Morgan fingerprint density at radius 1 is 1.15 bits per heavy atom. The minimum Gasteiger partial charge on any atom is -0.311 e. The van der Waals surface area contributed by atoms with E-state index in [2.05, 4.69) is 60.9 Å². The van der Waals surface area contributed by atoms with Crippen molar-refractivity contribution in [3.63, 3.8) is 0 Å². The SMILES string of the molecule is CC1=CC(c2ccccc2)[NH2+]C=C1. The van der Waals surface area contributed by atoms with Crippen molar-refractivity contribution in [1.82, 2.24) is 0 Å². The van der Waals surface area contributed by atoms with Crippen molar-refractivity contribution in [2.24, 2.45) is 0 Å². The van der Waals surface area contributed by atoms with E-state index in [0.717, 1.165) is 0 Å². The maximum atomic E-state index is 2.29. The van der Waals surface area contributed by atoms with Crippen LogP contribution in [-0.2, 0) is 0 Å². The summed E-state index contributed by atoms with van der Waals surface area (Å²) in [6, 6.07) is 11.0. The summed E-state index contributed by atoms with van der Waals surface area (Å²) in [6.45, 7) is 2.14. The van der Waals surface area contributed by atoms with Gasteiger partial charge in [-0.15, -0.1) is 0 Å². The average Bonchev–Trinajstić information content (AvgIpc) is 2.19. The fourth-order valence-corrected chi connectivity index (χ4v) is 1.60. The first kappa shape index (κ1) is 8.27. The van der Waals surface area contributed by atoms with Gasteiger partial charge in [0.1, 0.15) is 6.04 Å². The van der Waals surface area contributed by atoms with E-state index in [4.69, 9.17) is 0 Å². The zero-order valence-electron chi connectivity index (χ0n) is 7.77. The molecule has 0 amide bonds. The number of hydrogen-bond acceptors (Lipinski definition) is 0. The summed E-state index contributed by atoms with van der Waals surface area (Å²) in [6.07, 6.45) is 6.56. The number of hydrogen-bond donors (Lipinski definition) is 1. The Morgan fingerprint density at radius 3 is 2.62 bits per heavy atom. The van der Waals surface area contributed by atoms with Gasteiger partial charge >= 0.3 is 0 Å². The van der Waals surface area contributed by atoms with Gasteiger partial charge < -0.3 is 5.32 Å². The smallest absolute Gasteiger partial charge is 0.135 e. The lowest BCUT2D eigenvalue weighted by atomic mass is 10.0. The summed E-state index contributed by atoms with van der Waals surface area (Å²) in [5, 5.41) is 2.22. The van der Waals surface area contributed by atoms with E-state index in [0.29, 0.717) is 6.04 Å². The Labute approximate surface area is 78.8 Å². The van der Waals surface area contributed by atoms with E-state index in [1.807, 2.05) is 0 Å². The molecule has 0 spiro atoms. The topological polar surface area (TPSA) is 16.6 Å². The maximum Gasteiger partial charge on any atom is 0.135 e. The van der Waals surface area contributed by atoms with Crippen LogP contribution in [0.2, 0.25) is 0 Å². The molecule has 13 heavy (non-hydrogen) atoms. The van der Waals surface area contributed by atoms with Crippen molar-refractivity contribution in [2.45, 2.75) is 13.0 Å². The van der Waals surface area contributed by atoms with Crippen LogP contribution < -0.4 is 5.32 Å². The summed E-state index contributed by atoms with van der Waals surface area (Å²) < 4.78 is 0. The second-order valence-electron chi connectivity index (χ2n) is 3.40. The van der Waals surface area contributed by atoms with Crippen molar-refractivity contribution in [1.29, 1.82) is 0 Å². The Morgan fingerprint density at radius 2 is 1.92 bits per heavy atom. The van der Waals surface area contributed by atoms with Crippen molar-refractivity contribution >= 4 is 0 Å². The molecule has 1 aliphatic rings. The number of rotatable bonds is 1. The number of benzene rings is 1. The molecular weight excluding hydrogens is 158 g/mol. The molecule has 0 aliphatic carbocycles. The van der Waals surface area contributed by atoms with Gasteiger partial charge in [0, 0.05) is 5.56 Å². The molecule has 1 aromatic carbocycles. The van der Waals surface area contributed by atoms with Gasteiger partial charge in [-0.1, -0.05) is 30.3 Å². The highest BCUT2D eigenvalue weighted by Gasteiger charge is 2.12. The quantitative estimate of drug-likeness (QED) is 0.665. The van der Waals surface area contributed by atoms with E-state index < -0.39 is 0 Å². The summed E-state index contributed by atoms with van der Waals surface area (Å²) >= 11 is 0. The maximum absolute atomic E-state index is 2.29. The molecule has 0 aromatic heterocycles.